The molecule has 0 spiro atoms. The van der Waals surface area contributed by atoms with Gasteiger partial charge in [0.05, 0.1) is 20.9 Å². The van der Waals surface area contributed by atoms with Gasteiger partial charge in [-0.3, -0.25) is 4.90 Å². The van der Waals surface area contributed by atoms with Crippen LogP contribution < -0.4 is 9.47 Å². The van der Waals surface area contributed by atoms with E-state index in [0.29, 0.717) is 34.9 Å². The molecule has 0 unspecified atom stereocenters. The summed E-state index contributed by atoms with van der Waals surface area (Å²) in [5.74, 6) is 1.76. The highest BCUT2D eigenvalue weighted by molar-refractivity contribution is 7.71. The third-order valence-corrected chi connectivity index (χ3v) is 6.25. The lowest BCUT2D eigenvalue weighted by atomic mass is 10.0. The summed E-state index contributed by atoms with van der Waals surface area (Å²) in [4.78, 5) is 4.21. The van der Waals surface area contributed by atoms with E-state index in [0.717, 1.165) is 18.5 Å². The Morgan fingerprint density at radius 3 is 2.85 bits per heavy atom. The fourth-order valence-electron chi connectivity index (χ4n) is 3.41. The highest BCUT2D eigenvalue weighted by Gasteiger charge is 2.25. The Hall–Kier alpha value is -2.16. The summed E-state index contributed by atoms with van der Waals surface area (Å²) in [5.41, 5.74) is 2.20. The first-order chi connectivity index (χ1) is 13.1. The van der Waals surface area contributed by atoms with Crippen molar-refractivity contribution in [2.24, 2.45) is 0 Å². The van der Waals surface area contributed by atoms with Crippen LogP contribution in [0.1, 0.15) is 23.4 Å². The van der Waals surface area contributed by atoms with Crippen molar-refractivity contribution in [2.45, 2.75) is 26.1 Å². The molecule has 1 aliphatic rings. The number of rotatable bonds is 5. The van der Waals surface area contributed by atoms with Gasteiger partial charge in [-0.05, 0) is 60.8 Å². The maximum atomic E-state index is 5.75. The summed E-state index contributed by atoms with van der Waals surface area (Å²) in [6.07, 6.45) is 1.06. The predicted octanol–water partition coefficient (Wildman–Crippen LogP) is 4.53. The molecule has 0 aliphatic carbocycles. The second kappa shape index (κ2) is 7.46. The molecule has 0 N–H and O–H groups in total. The molecule has 27 heavy (non-hydrogen) atoms. The second-order valence-corrected chi connectivity index (χ2v) is 7.77. The molecule has 1 atom stereocenters. The number of benzene rings is 1. The molecule has 3 heterocycles. The lowest BCUT2D eigenvalue weighted by Gasteiger charge is -2.32. The molecule has 0 amide bonds. The van der Waals surface area contributed by atoms with E-state index in [4.69, 9.17) is 26.1 Å². The van der Waals surface area contributed by atoms with Gasteiger partial charge in [0, 0.05) is 23.0 Å². The molecule has 2 aromatic heterocycles. The number of hydrogen-bond acceptors (Lipinski definition) is 7. The number of fused-ring (bicyclic) bond motifs is 1. The van der Waals surface area contributed by atoms with Gasteiger partial charge in [0.15, 0.2) is 11.5 Å². The van der Waals surface area contributed by atoms with E-state index in [2.05, 4.69) is 28.4 Å². The van der Waals surface area contributed by atoms with Gasteiger partial charge in [-0.2, -0.15) is 0 Å². The smallest absolute Gasteiger partial charge is 0.288 e. The molecular formula is C19H21N3O3S2. The summed E-state index contributed by atoms with van der Waals surface area (Å²) in [7, 11) is 3.21. The standard InChI is InChI=1S/C19H21N3O3S2/c1-12-14-7-9-27-17(14)6-8-21(12)11-22-19(26)25-18(20-22)13-4-5-15(23-2)16(10-13)24-3/h4-5,7,9-10,12H,6,8,11H2,1-3H3/t12-/m1/s1. The van der Waals surface area contributed by atoms with Crippen LogP contribution in [0.2, 0.25) is 0 Å². The van der Waals surface area contributed by atoms with Gasteiger partial charge in [-0.25, -0.2) is 4.68 Å². The van der Waals surface area contributed by atoms with Crippen LogP contribution in [0.4, 0.5) is 0 Å². The fourth-order valence-corrected chi connectivity index (χ4v) is 4.55. The second-order valence-electron chi connectivity index (χ2n) is 6.42. The van der Waals surface area contributed by atoms with Gasteiger partial charge in [0.25, 0.3) is 4.84 Å². The number of hydrogen-bond donors (Lipinski definition) is 0. The van der Waals surface area contributed by atoms with Gasteiger partial charge < -0.3 is 13.9 Å². The van der Waals surface area contributed by atoms with Crippen molar-refractivity contribution < 1.29 is 13.9 Å². The molecule has 4 rings (SSSR count). The average Bonchev–Trinajstić information content (AvgIpc) is 3.31. The van der Waals surface area contributed by atoms with Crippen molar-refractivity contribution in [2.75, 3.05) is 20.8 Å². The van der Waals surface area contributed by atoms with E-state index in [1.54, 1.807) is 18.9 Å². The maximum absolute atomic E-state index is 5.75. The van der Waals surface area contributed by atoms with E-state index < -0.39 is 0 Å². The summed E-state index contributed by atoms with van der Waals surface area (Å²) < 4.78 is 18.1. The van der Waals surface area contributed by atoms with E-state index in [-0.39, 0.29) is 0 Å². The highest BCUT2D eigenvalue weighted by Crippen LogP contribution is 2.34. The Morgan fingerprint density at radius 1 is 1.26 bits per heavy atom. The van der Waals surface area contributed by atoms with Gasteiger partial charge in [0.1, 0.15) is 0 Å². The van der Waals surface area contributed by atoms with Crippen molar-refractivity contribution in [3.8, 4) is 23.0 Å². The summed E-state index contributed by atoms with van der Waals surface area (Å²) in [5, 5.41) is 6.76. The van der Waals surface area contributed by atoms with Gasteiger partial charge >= 0.3 is 0 Å². The average molecular weight is 404 g/mol. The van der Waals surface area contributed by atoms with Crippen LogP contribution in [0.5, 0.6) is 11.5 Å². The molecule has 1 aliphatic heterocycles. The molecule has 3 aromatic rings. The summed E-state index contributed by atoms with van der Waals surface area (Å²) >= 11 is 7.24. The molecular weight excluding hydrogens is 382 g/mol. The first kappa shape index (κ1) is 18.2. The van der Waals surface area contributed by atoms with Crippen LogP contribution in [-0.4, -0.2) is 35.4 Å². The third-order valence-electron chi connectivity index (χ3n) is 4.96. The predicted molar refractivity (Wildman–Crippen MR) is 107 cm³/mol. The minimum atomic E-state index is 0.336. The molecule has 0 saturated heterocycles. The van der Waals surface area contributed by atoms with E-state index in [9.17, 15) is 0 Å². The largest absolute Gasteiger partial charge is 0.493 e. The topological polar surface area (TPSA) is 52.7 Å². The molecule has 142 valence electrons. The zero-order valence-electron chi connectivity index (χ0n) is 15.5. The Bertz CT molecular complexity index is 1010. The quantitative estimate of drug-likeness (QED) is 0.584. The Labute approximate surface area is 166 Å². The molecule has 0 saturated carbocycles. The van der Waals surface area contributed by atoms with E-state index >= 15 is 0 Å². The summed E-state index contributed by atoms with van der Waals surface area (Å²) in [6, 6.07) is 8.10. The van der Waals surface area contributed by atoms with Crippen molar-refractivity contribution in [3.63, 3.8) is 0 Å². The molecule has 8 heteroatoms. The van der Waals surface area contributed by atoms with Gasteiger partial charge in [-0.15, -0.1) is 16.4 Å². The van der Waals surface area contributed by atoms with Crippen molar-refractivity contribution in [1.82, 2.24) is 14.7 Å². The van der Waals surface area contributed by atoms with Crippen LogP contribution >= 0.6 is 23.6 Å². The maximum Gasteiger partial charge on any atom is 0.288 e. The Morgan fingerprint density at radius 2 is 2.07 bits per heavy atom. The van der Waals surface area contributed by atoms with Gasteiger partial charge in [-0.1, -0.05) is 0 Å². The lowest BCUT2D eigenvalue weighted by molar-refractivity contribution is 0.142. The van der Waals surface area contributed by atoms with Gasteiger partial charge in [0.2, 0.25) is 5.89 Å². The van der Waals surface area contributed by atoms with Crippen LogP contribution in [0, 0.1) is 4.84 Å². The monoisotopic (exact) mass is 403 g/mol. The SMILES string of the molecule is COc1ccc(-c2nn(CN3CCc4sccc4[C@H]3C)c(=S)o2)cc1OC. The third kappa shape index (κ3) is 3.40. The van der Waals surface area contributed by atoms with E-state index in [1.807, 2.05) is 29.5 Å². The number of nitrogens with zero attached hydrogens (tertiary/aromatic N) is 3. The van der Waals surface area contributed by atoms with Crippen molar-refractivity contribution in [1.29, 1.82) is 0 Å². The zero-order chi connectivity index (χ0) is 19.0. The van der Waals surface area contributed by atoms with Crippen molar-refractivity contribution >= 4 is 23.6 Å². The number of thiophene rings is 1. The minimum absolute atomic E-state index is 0.336. The fraction of sp³-hybridized carbons (Fsp3) is 0.368. The molecule has 0 radical (unpaired) electrons. The Kier molecular flexibility index (Phi) is 5.03. The zero-order valence-corrected chi connectivity index (χ0v) is 17.1. The normalized spacial score (nSPS) is 16.9. The first-order valence-corrected chi connectivity index (χ1v) is 10.00. The number of ether oxygens (including phenoxy) is 2. The molecule has 0 fully saturated rings. The van der Waals surface area contributed by atoms with Crippen LogP contribution in [0.3, 0.4) is 0 Å². The molecule has 1 aromatic carbocycles. The lowest BCUT2D eigenvalue weighted by Crippen LogP contribution is -2.35. The molecule has 6 nitrogen and oxygen atoms in total. The first-order valence-electron chi connectivity index (χ1n) is 8.71. The van der Waals surface area contributed by atoms with Crippen LogP contribution in [-0.2, 0) is 13.1 Å². The highest BCUT2D eigenvalue weighted by atomic mass is 32.1. The Balaban J connectivity index is 1.58. The number of aromatic nitrogens is 2. The number of methoxy groups -OCH3 is 2. The van der Waals surface area contributed by atoms with Crippen LogP contribution in [0.15, 0.2) is 34.1 Å². The van der Waals surface area contributed by atoms with Crippen molar-refractivity contribution in [3.05, 3.63) is 44.9 Å². The summed E-state index contributed by atoms with van der Waals surface area (Å²) in [6.45, 7) is 3.81. The van der Waals surface area contributed by atoms with Crippen LogP contribution in [0.25, 0.3) is 11.5 Å². The minimum Gasteiger partial charge on any atom is -0.493 e. The molecule has 0 bridgehead atoms. The van der Waals surface area contributed by atoms with E-state index in [1.165, 1.54) is 10.4 Å².